The van der Waals surface area contributed by atoms with Crippen molar-refractivity contribution in [1.82, 2.24) is 9.97 Å². The fourth-order valence-electron chi connectivity index (χ4n) is 1.96. The number of halogens is 2. The highest BCUT2D eigenvalue weighted by Crippen LogP contribution is 2.32. The molecule has 0 aliphatic rings. The SMILES string of the molecule is CCCNc1nc(-c2cccc(Br)c2)nc(C(C)C)c1Br. The Balaban J connectivity index is 2.53. The lowest BCUT2D eigenvalue weighted by Crippen LogP contribution is -2.08. The van der Waals surface area contributed by atoms with Crippen LogP contribution in [-0.2, 0) is 0 Å². The van der Waals surface area contributed by atoms with E-state index in [9.17, 15) is 0 Å². The van der Waals surface area contributed by atoms with Crippen LogP contribution in [0.3, 0.4) is 0 Å². The molecule has 1 heterocycles. The van der Waals surface area contributed by atoms with Crippen molar-refractivity contribution in [1.29, 1.82) is 0 Å². The van der Waals surface area contributed by atoms with E-state index >= 15 is 0 Å². The van der Waals surface area contributed by atoms with E-state index in [0.717, 1.165) is 44.8 Å². The molecule has 3 nitrogen and oxygen atoms in total. The summed E-state index contributed by atoms with van der Waals surface area (Å²) < 4.78 is 1.99. The summed E-state index contributed by atoms with van der Waals surface area (Å²) in [5, 5.41) is 3.37. The number of benzene rings is 1. The van der Waals surface area contributed by atoms with Crippen LogP contribution in [0.15, 0.2) is 33.2 Å². The highest BCUT2D eigenvalue weighted by atomic mass is 79.9. The molecule has 112 valence electrons. The monoisotopic (exact) mass is 411 g/mol. The van der Waals surface area contributed by atoms with Crippen LogP contribution >= 0.6 is 31.9 Å². The molecule has 1 aromatic heterocycles. The van der Waals surface area contributed by atoms with Gasteiger partial charge in [-0.25, -0.2) is 9.97 Å². The van der Waals surface area contributed by atoms with Crippen LogP contribution in [0.2, 0.25) is 0 Å². The Kier molecular flexibility index (Phi) is 5.76. The molecular formula is C16H19Br2N3. The van der Waals surface area contributed by atoms with Gasteiger partial charge >= 0.3 is 0 Å². The number of hydrogen-bond acceptors (Lipinski definition) is 3. The van der Waals surface area contributed by atoms with Gasteiger partial charge in [0.25, 0.3) is 0 Å². The van der Waals surface area contributed by atoms with Gasteiger partial charge in [-0.05, 0) is 40.4 Å². The number of anilines is 1. The van der Waals surface area contributed by atoms with E-state index in [1.54, 1.807) is 0 Å². The van der Waals surface area contributed by atoms with E-state index in [-0.39, 0.29) is 0 Å². The van der Waals surface area contributed by atoms with Gasteiger partial charge in [0.1, 0.15) is 5.82 Å². The lowest BCUT2D eigenvalue weighted by molar-refractivity contribution is 0.808. The summed E-state index contributed by atoms with van der Waals surface area (Å²) >= 11 is 7.14. The van der Waals surface area contributed by atoms with Crippen molar-refractivity contribution < 1.29 is 0 Å². The van der Waals surface area contributed by atoms with Crippen molar-refractivity contribution >= 4 is 37.7 Å². The summed E-state index contributed by atoms with van der Waals surface area (Å²) in [7, 11) is 0. The van der Waals surface area contributed by atoms with E-state index in [2.05, 4.69) is 62.9 Å². The first-order valence-electron chi connectivity index (χ1n) is 7.10. The summed E-state index contributed by atoms with van der Waals surface area (Å²) in [6.07, 6.45) is 1.06. The molecule has 5 heteroatoms. The molecule has 2 rings (SSSR count). The van der Waals surface area contributed by atoms with Gasteiger partial charge < -0.3 is 5.32 Å². The first-order chi connectivity index (χ1) is 10.0. The molecule has 0 fully saturated rings. The second-order valence-electron chi connectivity index (χ2n) is 5.19. The van der Waals surface area contributed by atoms with Gasteiger partial charge in [0.2, 0.25) is 0 Å². The van der Waals surface area contributed by atoms with Crippen LogP contribution in [0.25, 0.3) is 11.4 Å². The summed E-state index contributed by atoms with van der Waals surface area (Å²) in [4.78, 5) is 9.41. The third-order valence-electron chi connectivity index (χ3n) is 3.05. The minimum Gasteiger partial charge on any atom is -0.369 e. The molecule has 0 aliphatic carbocycles. The van der Waals surface area contributed by atoms with Crippen molar-refractivity contribution in [3.05, 3.63) is 38.9 Å². The van der Waals surface area contributed by atoms with Gasteiger partial charge in [0.15, 0.2) is 5.82 Å². The van der Waals surface area contributed by atoms with Crippen molar-refractivity contribution in [3.63, 3.8) is 0 Å². The maximum atomic E-state index is 4.73. The lowest BCUT2D eigenvalue weighted by atomic mass is 10.1. The molecule has 0 saturated heterocycles. The molecule has 1 aromatic carbocycles. The molecule has 0 atom stereocenters. The first-order valence-corrected chi connectivity index (χ1v) is 8.68. The number of nitrogens with zero attached hydrogens (tertiary/aromatic N) is 2. The Bertz CT molecular complexity index is 627. The normalized spacial score (nSPS) is 11.0. The van der Waals surface area contributed by atoms with Gasteiger partial charge in [-0.3, -0.25) is 0 Å². The Labute approximate surface area is 142 Å². The molecule has 0 amide bonds. The van der Waals surface area contributed by atoms with Crippen LogP contribution in [0.4, 0.5) is 5.82 Å². The molecule has 0 radical (unpaired) electrons. The summed E-state index contributed by atoms with van der Waals surface area (Å²) in [5.74, 6) is 1.95. The maximum absolute atomic E-state index is 4.73. The predicted molar refractivity (Wildman–Crippen MR) is 95.7 cm³/mol. The van der Waals surface area contributed by atoms with Crippen LogP contribution < -0.4 is 5.32 Å². The average Bonchev–Trinajstić information content (AvgIpc) is 2.46. The molecule has 0 saturated carbocycles. The van der Waals surface area contributed by atoms with Gasteiger partial charge in [-0.15, -0.1) is 0 Å². The van der Waals surface area contributed by atoms with Gasteiger partial charge in [0, 0.05) is 16.6 Å². The average molecular weight is 413 g/mol. The molecule has 0 aliphatic heterocycles. The maximum Gasteiger partial charge on any atom is 0.161 e. The fraction of sp³-hybridized carbons (Fsp3) is 0.375. The standard InChI is InChI=1S/C16H19Br2N3/c1-4-8-19-16-13(18)14(10(2)3)20-15(21-16)11-6-5-7-12(17)9-11/h5-7,9-10H,4,8H2,1-3H3,(H,19,20,21). The zero-order chi connectivity index (χ0) is 15.4. The summed E-state index contributed by atoms with van der Waals surface area (Å²) in [5.41, 5.74) is 2.04. The van der Waals surface area contributed by atoms with Crippen molar-refractivity contribution in [2.75, 3.05) is 11.9 Å². The number of rotatable bonds is 5. The summed E-state index contributed by atoms with van der Waals surface area (Å²) in [6, 6.07) is 8.07. The Hall–Kier alpha value is -0.940. The van der Waals surface area contributed by atoms with Crippen molar-refractivity contribution in [3.8, 4) is 11.4 Å². The summed E-state index contributed by atoms with van der Waals surface area (Å²) in [6.45, 7) is 7.31. The minimum absolute atomic E-state index is 0.329. The smallest absolute Gasteiger partial charge is 0.161 e. The first kappa shape index (κ1) is 16.4. The van der Waals surface area contributed by atoms with Gasteiger partial charge in [-0.1, -0.05) is 48.8 Å². The van der Waals surface area contributed by atoms with E-state index < -0.39 is 0 Å². The van der Waals surface area contributed by atoms with Crippen molar-refractivity contribution in [2.24, 2.45) is 0 Å². The van der Waals surface area contributed by atoms with E-state index in [4.69, 9.17) is 4.98 Å². The lowest BCUT2D eigenvalue weighted by Gasteiger charge is -2.15. The van der Waals surface area contributed by atoms with E-state index in [1.807, 2.05) is 24.3 Å². The van der Waals surface area contributed by atoms with E-state index in [0.29, 0.717) is 5.92 Å². The minimum atomic E-state index is 0.329. The second-order valence-corrected chi connectivity index (χ2v) is 6.90. The number of aromatic nitrogens is 2. The zero-order valence-corrected chi connectivity index (χ0v) is 15.6. The Morgan fingerprint density at radius 1 is 1.19 bits per heavy atom. The van der Waals surface area contributed by atoms with Crippen molar-refractivity contribution in [2.45, 2.75) is 33.1 Å². The molecule has 21 heavy (non-hydrogen) atoms. The Morgan fingerprint density at radius 3 is 2.57 bits per heavy atom. The highest BCUT2D eigenvalue weighted by molar-refractivity contribution is 9.11. The molecule has 0 bridgehead atoms. The van der Waals surface area contributed by atoms with Crippen LogP contribution in [-0.4, -0.2) is 16.5 Å². The van der Waals surface area contributed by atoms with E-state index in [1.165, 1.54) is 0 Å². The van der Waals surface area contributed by atoms with Gasteiger partial charge in [0.05, 0.1) is 10.2 Å². The molecule has 0 unspecified atom stereocenters. The molecule has 0 spiro atoms. The van der Waals surface area contributed by atoms with Crippen LogP contribution in [0.5, 0.6) is 0 Å². The third kappa shape index (κ3) is 4.04. The van der Waals surface area contributed by atoms with Gasteiger partial charge in [-0.2, -0.15) is 0 Å². The molecule has 1 N–H and O–H groups in total. The van der Waals surface area contributed by atoms with Crippen LogP contribution in [0, 0.1) is 0 Å². The predicted octanol–water partition coefficient (Wildman–Crippen LogP) is 5.61. The van der Waals surface area contributed by atoms with Crippen LogP contribution in [0.1, 0.15) is 38.8 Å². The Morgan fingerprint density at radius 2 is 1.95 bits per heavy atom. The molecule has 2 aromatic rings. The quantitative estimate of drug-likeness (QED) is 0.692. The second kappa shape index (κ2) is 7.36. The number of hydrogen-bond donors (Lipinski definition) is 1. The largest absolute Gasteiger partial charge is 0.369 e. The zero-order valence-electron chi connectivity index (χ0n) is 12.5. The highest BCUT2D eigenvalue weighted by Gasteiger charge is 2.15. The topological polar surface area (TPSA) is 37.8 Å². The third-order valence-corrected chi connectivity index (χ3v) is 4.32. The molecular weight excluding hydrogens is 394 g/mol. The fourth-order valence-corrected chi connectivity index (χ4v) is 3.14. The number of nitrogens with one attached hydrogen (secondary N) is 1.